The maximum atomic E-state index is 13.4. The van der Waals surface area contributed by atoms with Gasteiger partial charge in [0, 0.05) is 18.0 Å². The highest BCUT2D eigenvalue weighted by Crippen LogP contribution is 2.47. The number of para-hydroxylation sites is 1. The topological polar surface area (TPSA) is 91.9 Å². The number of carbonyl (C=O) groups is 2. The summed E-state index contributed by atoms with van der Waals surface area (Å²) >= 11 is 0. The van der Waals surface area contributed by atoms with Crippen LogP contribution in [0, 0.1) is 0 Å². The van der Waals surface area contributed by atoms with Crippen LogP contribution >= 0.6 is 0 Å². The molecule has 8 heteroatoms. The fraction of sp³-hybridized carbons (Fsp3) is 0.227. The van der Waals surface area contributed by atoms with Crippen molar-refractivity contribution >= 4 is 22.7 Å². The molecule has 3 aliphatic heterocycles. The van der Waals surface area contributed by atoms with Gasteiger partial charge >= 0.3 is 0 Å². The molecular formula is C22H17N3O5. The van der Waals surface area contributed by atoms with Crippen molar-refractivity contribution in [1.82, 2.24) is 14.8 Å². The lowest BCUT2D eigenvalue weighted by Gasteiger charge is -2.37. The van der Waals surface area contributed by atoms with Gasteiger partial charge in [-0.2, -0.15) is 0 Å². The molecule has 8 nitrogen and oxygen atoms in total. The Morgan fingerprint density at radius 2 is 1.80 bits per heavy atom. The SMILES string of the molecule is CN1CC(=O)N2[C@H](c3ccc4c(c3)OCO4)c3[nH]c4ccccc4c(=O)c3[C@@H]2C1=O. The third kappa shape index (κ3) is 2.13. The number of carbonyl (C=O) groups excluding carboxylic acids is 2. The van der Waals surface area contributed by atoms with Crippen LogP contribution in [0.1, 0.15) is 28.9 Å². The molecule has 0 unspecified atom stereocenters. The Morgan fingerprint density at radius 1 is 1.00 bits per heavy atom. The number of nitrogens with zero attached hydrogens (tertiary/aromatic N) is 2. The zero-order valence-corrected chi connectivity index (χ0v) is 16.0. The van der Waals surface area contributed by atoms with Gasteiger partial charge in [-0.3, -0.25) is 14.4 Å². The van der Waals surface area contributed by atoms with E-state index in [1.54, 1.807) is 25.2 Å². The number of aromatic nitrogens is 1. The average Bonchev–Trinajstić information content (AvgIpc) is 3.34. The van der Waals surface area contributed by atoms with Crippen molar-refractivity contribution in [3.8, 4) is 11.5 Å². The number of pyridine rings is 1. The summed E-state index contributed by atoms with van der Waals surface area (Å²) in [6.07, 6.45) is 0. The molecule has 0 saturated carbocycles. The Hall–Kier alpha value is -3.81. The first-order valence-electron chi connectivity index (χ1n) is 9.65. The van der Waals surface area contributed by atoms with E-state index >= 15 is 0 Å². The third-order valence-electron chi connectivity index (χ3n) is 6.06. The Labute approximate surface area is 170 Å². The molecule has 6 rings (SSSR count). The molecule has 0 aliphatic carbocycles. The number of likely N-dealkylation sites (N-methyl/N-ethyl adjacent to an activating group) is 1. The minimum atomic E-state index is -0.949. The summed E-state index contributed by atoms with van der Waals surface area (Å²) in [5.41, 5.74) is 2.09. The Morgan fingerprint density at radius 3 is 2.67 bits per heavy atom. The number of piperazine rings is 1. The summed E-state index contributed by atoms with van der Waals surface area (Å²) in [5, 5.41) is 0.496. The zero-order chi connectivity index (χ0) is 20.6. The Bertz CT molecular complexity index is 1310. The van der Waals surface area contributed by atoms with Gasteiger partial charge in [0.1, 0.15) is 6.04 Å². The highest BCUT2D eigenvalue weighted by molar-refractivity contribution is 5.98. The lowest BCUT2D eigenvalue weighted by atomic mass is 9.99. The number of hydrogen-bond acceptors (Lipinski definition) is 5. The van der Waals surface area contributed by atoms with Crippen LogP contribution in [0.2, 0.25) is 0 Å². The second kappa shape index (κ2) is 5.85. The number of benzene rings is 2. The van der Waals surface area contributed by atoms with Crippen molar-refractivity contribution in [2.24, 2.45) is 0 Å². The molecule has 1 aromatic heterocycles. The molecule has 1 N–H and O–H groups in total. The monoisotopic (exact) mass is 403 g/mol. The summed E-state index contributed by atoms with van der Waals surface area (Å²) in [5.74, 6) is 0.729. The number of nitrogens with one attached hydrogen (secondary N) is 1. The maximum Gasteiger partial charge on any atom is 0.250 e. The Kier molecular flexibility index (Phi) is 3.33. The lowest BCUT2D eigenvalue weighted by molar-refractivity contribution is -0.155. The van der Waals surface area contributed by atoms with Crippen LogP contribution in [0.3, 0.4) is 0 Å². The van der Waals surface area contributed by atoms with E-state index in [1.807, 2.05) is 24.3 Å². The highest BCUT2D eigenvalue weighted by Gasteiger charge is 2.52. The minimum Gasteiger partial charge on any atom is -0.454 e. The van der Waals surface area contributed by atoms with Crippen LogP contribution in [-0.4, -0.2) is 47.0 Å². The predicted octanol–water partition coefficient (Wildman–Crippen LogP) is 1.70. The first-order valence-corrected chi connectivity index (χ1v) is 9.65. The van der Waals surface area contributed by atoms with Crippen LogP contribution in [0.25, 0.3) is 10.9 Å². The van der Waals surface area contributed by atoms with Gasteiger partial charge in [0.2, 0.25) is 18.6 Å². The van der Waals surface area contributed by atoms with E-state index in [0.717, 1.165) is 5.56 Å². The number of fused-ring (bicyclic) bond motifs is 5. The van der Waals surface area contributed by atoms with Gasteiger partial charge in [-0.25, -0.2) is 0 Å². The largest absolute Gasteiger partial charge is 0.454 e. The molecule has 4 heterocycles. The number of aromatic amines is 1. The predicted molar refractivity (Wildman–Crippen MR) is 106 cm³/mol. The number of hydrogen-bond donors (Lipinski definition) is 1. The van der Waals surface area contributed by atoms with Gasteiger partial charge in [-0.05, 0) is 29.8 Å². The van der Waals surface area contributed by atoms with Gasteiger partial charge in [-0.1, -0.05) is 18.2 Å². The van der Waals surface area contributed by atoms with Gasteiger partial charge in [0.05, 0.1) is 23.8 Å². The first-order chi connectivity index (χ1) is 14.5. The van der Waals surface area contributed by atoms with E-state index in [1.165, 1.54) is 9.80 Å². The van der Waals surface area contributed by atoms with Crippen molar-refractivity contribution in [1.29, 1.82) is 0 Å². The lowest BCUT2D eigenvalue weighted by Crippen LogP contribution is -2.53. The van der Waals surface area contributed by atoms with Crippen molar-refractivity contribution < 1.29 is 19.1 Å². The molecular weight excluding hydrogens is 386 g/mol. The molecule has 150 valence electrons. The van der Waals surface area contributed by atoms with E-state index in [4.69, 9.17) is 9.47 Å². The molecule has 2 amide bonds. The molecule has 0 radical (unpaired) electrons. The second-order valence-electron chi connectivity index (χ2n) is 7.74. The van der Waals surface area contributed by atoms with Gasteiger partial charge in [0.15, 0.2) is 16.9 Å². The number of ether oxygens (including phenoxy) is 2. The molecule has 1 fully saturated rings. The molecule has 0 bridgehead atoms. The van der Waals surface area contributed by atoms with E-state index in [-0.39, 0.29) is 30.6 Å². The van der Waals surface area contributed by atoms with E-state index in [9.17, 15) is 14.4 Å². The first kappa shape index (κ1) is 17.1. The summed E-state index contributed by atoms with van der Waals surface area (Å²) in [6.45, 7) is 0.105. The molecule has 3 aromatic rings. The van der Waals surface area contributed by atoms with Gasteiger partial charge < -0.3 is 24.3 Å². The average molecular weight is 403 g/mol. The smallest absolute Gasteiger partial charge is 0.250 e. The standard InChI is InChI=1S/C22H17N3O5/c1-24-9-16(26)25-19(11-6-7-14-15(8-11)30-10-29-14)18-17(20(25)22(24)28)21(27)12-4-2-3-5-13(12)23-18/h2-8,19-20H,9-10H2,1H3,(H,23,27)/t19-,20-/m1/s1. The van der Waals surface area contributed by atoms with E-state index in [2.05, 4.69) is 4.98 Å². The van der Waals surface area contributed by atoms with E-state index in [0.29, 0.717) is 33.7 Å². The van der Waals surface area contributed by atoms with Crippen LogP contribution in [0.15, 0.2) is 47.3 Å². The normalized spacial score (nSPS) is 21.9. The number of amides is 2. The van der Waals surface area contributed by atoms with Crippen molar-refractivity contribution in [2.45, 2.75) is 12.1 Å². The molecule has 2 atom stereocenters. The van der Waals surface area contributed by atoms with Gasteiger partial charge in [-0.15, -0.1) is 0 Å². The van der Waals surface area contributed by atoms with Crippen LogP contribution < -0.4 is 14.9 Å². The van der Waals surface area contributed by atoms with Crippen LogP contribution in [0.5, 0.6) is 11.5 Å². The highest BCUT2D eigenvalue weighted by atomic mass is 16.7. The van der Waals surface area contributed by atoms with E-state index < -0.39 is 12.1 Å². The van der Waals surface area contributed by atoms with Crippen molar-refractivity contribution in [3.05, 3.63) is 69.5 Å². The van der Waals surface area contributed by atoms with Crippen LogP contribution in [-0.2, 0) is 9.59 Å². The summed E-state index contributed by atoms with van der Waals surface area (Å²) in [4.78, 5) is 45.9. The summed E-state index contributed by atoms with van der Waals surface area (Å²) in [7, 11) is 1.58. The molecule has 0 spiro atoms. The quantitative estimate of drug-likeness (QED) is 0.668. The summed E-state index contributed by atoms with van der Waals surface area (Å²) in [6, 6.07) is 11.1. The Balaban J connectivity index is 1.65. The van der Waals surface area contributed by atoms with Gasteiger partial charge in [0.25, 0.3) is 0 Å². The number of H-pyrrole nitrogens is 1. The molecule has 2 aromatic carbocycles. The van der Waals surface area contributed by atoms with Crippen molar-refractivity contribution in [2.75, 3.05) is 20.4 Å². The third-order valence-corrected chi connectivity index (χ3v) is 6.06. The second-order valence-corrected chi connectivity index (χ2v) is 7.74. The minimum absolute atomic E-state index is 0.0297. The molecule has 3 aliphatic rings. The zero-order valence-electron chi connectivity index (χ0n) is 16.0. The maximum absolute atomic E-state index is 13.4. The summed E-state index contributed by atoms with van der Waals surface area (Å²) < 4.78 is 10.9. The van der Waals surface area contributed by atoms with Crippen molar-refractivity contribution in [3.63, 3.8) is 0 Å². The molecule has 1 saturated heterocycles. The fourth-order valence-electron chi connectivity index (χ4n) is 4.70. The molecule has 30 heavy (non-hydrogen) atoms. The van der Waals surface area contributed by atoms with Crippen LogP contribution in [0.4, 0.5) is 0 Å². The number of rotatable bonds is 1. The fourth-order valence-corrected chi connectivity index (χ4v) is 4.70.